The fourth-order valence-corrected chi connectivity index (χ4v) is 1.62. The second kappa shape index (κ2) is 4.12. The van der Waals surface area contributed by atoms with Crippen LogP contribution < -0.4 is 0 Å². The first-order valence-corrected chi connectivity index (χ1v) is 4.94. The molecule has 0 N–H and O–H groups in total. The Morgan fingerprint density at radius 1 is 1.41 bits per heavy atom. The number of carbonyl (C=O) groups excluding carboxylic acids is 1. The average Bonchev–Trinajstić information content (AvgIpc) is 2.70. The van der Waals surface area contributed by atoms with Crippen LogP contribution in [-0.2, 0) is 9.53 Å². The van der Waals surface area contributed by atoms with Gasteiger partial charge >= 0.3 is 5.97 Å². The van der Waals surface area contributed by atoms with Gasteiger partial charge in [0.2, 0.25) is 0 Å². The van der Waals surface area contributed by atoms with E-state index in [2.05, 4.69) is 9.72 Å². The van der Waals surface area contributed by atoms with Crippen molar-refractivity contribution in [2.75, 3.05) is 7.11 Å². The van der Waals surface area contributed by atoms with Crippen LogP contribution in [0.25, 0.3) is 11.0 Å². The lowest BCUT2D eigenvalue weighted by molar-refractivity contribution is -0.143. The van der Waals surface area contributed by atoms with E-state index in [-0.39, 0.29) is 0 Å². The van der Waals surface area contributed by atoms with Gasteiger partial charge in [0, 0.05) is 12.1 Å². The van der Waals surface area contributed by atoms with Gasteiger partial charge < -0.3 is 9.30 Å². The fraction of sp³-hybridized carbons (Fsp3) is 0.273. The molecule has 90 valence electrons. The first-order chi connectivity index (χ1) is 8.04. The summed E-state index contributed by atoms with van der Waals surface area (Å²) < 4.78 is 32.1. The molecule has 0 saturated heterocycles. The summed E-state index contributed by atoms with van der Waals surface area (Å²) in [6, 6.07) is 1.36. The second-order valence-corrected chi connectivity index (χ2v) is 3.61. The number of imidazole rings is 1. The lowest BCUT2D eigenvalue weighted by Crippen LogP contribution is -2.17. The Morgan fingerprint density at radius 2 is 2.06 bits per heavy atom. The molecule has 0 spiro atoms. The molecule has 0 radical (unpaired) electrons. The van der Waals surface area contributed by atoms with Gasteiger partial charge in [0.05, 0.1) is 24.5 Å². The summed E-state index contributed by atoms with van der Waals surface area (Å²) in [5.74, 6) is -2.42. The van der Waals surface area contributed by atoms with Gasteiger partial charge in [0.15, 0.2) is 11.6 Å². The molecule has 2 rings (SSSR count). The number of methoxy groups -OCH3 is 1. The smallest absolute Gasteiger partial charge is 0.328 e. The highest BCUT2D eigenvalue weighted by molar-refractivity contribution is 5.80. The minimum Gasteiger partial charge on any atom is -0.467 e. The van der Waals surface area contributed by atoms with Gasteiger partial charge in [0.25, 0.3) is 0 Å². The zero-order valence-electron chi connectivity index (χ0n) is 9.28. The maximum Gasteiger partial charge on any atom is 0.328 e. The summed E-state index contributed by atoms with van der Waals surface area (Å²) in [7, 11) is 1.26. The van der Waals surface area contributed by atoms with Crippen molar-refractivity contribution in [3.05, 3.63) is 30.1 Å². The second-order valence-electron chi connectivity index (χ2n) is 3.61. The number of esters is 1. The quantitative estimate of drug-likeness (QED) is 0.754. The highest BCUT2D eigenvalue weighted by Gasteiger charge is 2.18. The molecule has 1 unspecified atom stereocenters. The van der Waals surface area contributed by atoms with Crippen LogP contribution in [0.15, 0.2) is 18.5 Å². The van der Waals surface area contributed by atoms with E-state index < -0.39 is 23.6 Å². The van der Waals surface area contributed by atoms with E-state index in [4.69, 9.17) is 0 Å². The summed E-state index contributed by atoms with van der Waals surface area (Å²) in [5, 5.41) is 0. The van der Waals surface area contributed by atoms with E-state index in [1.54, 1.807) is 6.92 Å². The molecule has 0 aliphatic heterocycles. The van der Waals surface area contributed by atoms with Crippen molar-refractivity contribution in [3.8, 4) is 0 Å². The van der Waals surface area contributed by atoms with E-state index in [0.29, 0.717) is 11.0 Å². The molecular formula is C11H10F2N2O2. The lowest BCUT2D eigenvalue weighted by atomic mass is 10.2. The number of nitrogens with zero attached hydrogens (tertiary/aromatic N) is 2. The van der Waals surface area contributed by atoms with Gasteiger partial charge in [-0.25, -0.2) is 18.6 Å². The van der Waals surface area contributed by atoms with Gasteiger partial charge in [-0.3, -0.25) is 0 Å². The van der Waals surface area contributed by atoms with E-state index in [9.17, 15) is 13.6 Å². The number of halogens is 2. The van der Waals surface area contributed by atoms with Crippen LogP contribution in [0.2, 0.25) is 0 Å². The minimum atomic E-state index is -0.976. The summed E-state index contributed by atoms with van der Waals surface area (Å²) in [5.41, 5.74) is 0.640. The predicted octanol–water partition coefficient (Wildman–Crippen LogP) is 2.05. The number of ether oxygens (including phenoxy) is 1. The van der Waals surface area contributed by atoms with Crippen molar-refractivity contribution < 1.29 is 18.3 Å². The Bertz CT molecular complexity index is 580. The van der Waals surface area contributed by atoms with Gasteiger partial charge in [-0.15, -0.1) is 0 Å². The van der Waals surface area contributed by atoms with Crippen molar-refractivity contribution >= 4 is 17.0 Å². The molecule has 0 amide bonds. The van der Waals surface area contributed by atoms with Crippen molar-refractivity contribution in [2.45, 2.75) is 13.0 Å². The molecule has 1 aromatic heterocycles. The van der Waals surface area contributed by atoms with E-state index in [1.165, 1.54) is 18.0 Å². The van der Waals surface area contributed by atoms with Gasteiger partial charge in [-0.1, -0.05) is 0 Å². The van der Waals surface area contributed by atoms with Crippen molar-refractivity contribution in [1.82, 2.24) is 9.55 Å². The first-order valence-electron chi connectivity index (χ1n) is 4.94. The Hall–Kier alpha value is -1.98. The van der Waals surface area contributed by atoms with Crippen LogP contribution in [0, 0.1) is 11.6 Å². The van der Waals surface area contributed by atoms with Crippen LogP contribution in [-0.4, -0.2) is 22.6 Å². The van der Waals surface area contributed by atoms with Crippen LogP contribution in [0.1, 0.15) is 13.0 Å². The number of carbonyl (C=O) groups is 1. The number of fused-ring (bicyclic) bond motifs is 1. The third kappa shape index (κ3) is 1.86. The van der Waals surface area contributed by atoms with Crippen LogP contribution in [0.5, 0.6) is 0 Å². The average molecular weight is 240 g/mol. The molecule has 0 saturated carbocycles. The molecule has 17 heavy (non-hydrogen) atoms. The molecule has 1 heterocycles. The normalized spacial score (nSPS) is 12.7. The Kier molecular flexibility index (Phi) is 2.79. The Labute approximate surface area is 95.8 Å². The van der Waals surface area contributed by atoms with Gasteiger partial charge in [0.1, 0.15) is 6.04 Å². The number of hydrogen-bond acceptors (Lipinski definition) is 3. The van der Waals surface area contributed by atoms with Crippen molar-refractivity contribution in [2.24, 2.45) is 0 Å². The minimum absolute atomic E-state index is 0.291. The zero-order chi connectivity index (χ0) is 12.6. The number of aromatic nitrogens is 2. The van der Waals surface area contributed by atoms with Crippen LogP contribution >= 0.6 is 0 Å². The number of hydrogen-bond donors (Lipinski definition) is 0. The summed E-state index contributed by atoms with van der Waals surface area (Å²) in [4.78, 5) is 15.3. The molecule has 0 aliphatic carbocycles. The highest BCUT2D eigenvalue weighted by Crippen LogP contribution is 2.21. The Morgan fingerprint density at radius 3 is 2.71 bits per heavy atom. The highest BCUT2D eigenvalue weighted by atomic mass is 19.2. The number of rotatable bonds is 2. The monoisotopic (exact) mass is 240 g/mol. The van der Waals surface area contributed by atoms with Crippen molar-refractivity contribution in [1.29, 1.82) is 0 Å². The fourth-order valence-electron chi connectivity index (χ4n) is 1.62. The van der Waals surface area contributed by atoms with Gasteiger partial charge in [-0.2, -0.15) is 0 Å². The molecule has 2 aromatic rings. The lowest BCUT2D eigenvalue weighted by Gasteiger charge is -2.11. The molecule has 1 aromatic carbocycles. The molecule has 0 aliphatic rings. The van der Waals surface area contributed by atoms with Crippen LogP contribution in [0.3, 0.4) is 0 Å². The predicted molar refractivity (Wildman–Crippen MR) is 56.4 cm³/mol. The topological polar surface area (TPSA) is 44.1 Å². The SMILES string of the molecule is COC(=O)C(C)n1cnc2cc(F)c(F)cc21. The Balaban J connectivity index is 2.56. The van der Waals surface area contributed by atoms with Crippen molar-refractivity contribution in [3.63, 3.8) is 0 Å². The molecule has 6 heteroatoms. The third-order valence-electron chi connectivity index (χ3n) is 2.58. The van der Waals surface area contributed by atoms with E-state index >= 15 is 0 Å². The third-order valence-corrected chi connectivity index (χ3v) is 2.58. The summed E-state index contributed by atoms with van der Waals surface area (Å²) in [6.07, 6.45) is 1.35. The maximum absolute atomic E-state index is 13.1. The summed E-state index contributed by atoms with van der Waals surface area (Å²) >= 11 is 0. The molecule has 0 bridgehead atoms. The maximum atomic E-state index is 13.1. The summed E-state index contributed by atoms with van der Waals surface area (Å²) in [6.45, 7) is 1.59. The zero-order valence-corrected chi connectivity index (χ0v) is 9.28. The first kappa shape index (κ1) is 11.5. The molecular weight excluding hydrogens is 230 g/mol. The van der Waals surface area contributed by atoms with Crippen LogP contribution in [0.4, 0.5) is 8.78 Å². The molecule has 0 fully saturated rings. The largest absolute Gasteiger partial charge is 0.467 e. The van der Waals surface area contributed by atoms with E-state index in [0.717, 1.165) is 12.1 Å². The van der Waals surface area contributed by atoms with Gasteiger partial charge in [-0.05, 0) is 6.92 Å². The number of benzene rings is 1. The standard InChI is InChI=1S/C11H10F2N2O2/c1-6(11(16)17-2)15-5-14-9-3-7(12)8(13)4-10(9)15/h3-6H,1-2H3. The molecule has 4 nitrogen and oxygen atoms in total. The molecule has 1 atom stereocenters. The van der Waals surface area contributed by atoms with E-state index in [1.807, 2.05) is 0 Å².